The average Bonchev–Trinajstić information content (AvgIpc) is 2.47. The van der Waals surface area contributed by atoms with E-state index in [1.54, 1.807) is 0 Å². The molecule has 110 valence electrons. The second-order valence-corrected chi connectivity index (χ2v) is 5.35. The van der Waals surface area contributed by atoms with Gasteiger partial charge < -0.3 is 14.7 Å². The average molecular weight is 300 g/mol. The van der Waals surface area contributed by atoms with Crippen molar-refractivity contribution in [1.82, 2.24) is 10.2 Å². The minimum absolute atomic E-state index is 0.149. The molecule has 2 rings (SSSR count). The van der Waals surface area contributed by atoms with E-state index in [-0.39, 0.29) is 5.15 Å². The maximum absolute atomic E-state index is 11.8. The first kappa shape index (κ1) is 15.0. The number of aliphatic hydroxyl groups is 1. The van der Waals surface area contributed by atoms with Crippen molar-refractivity contribution in [3.63, 3.8) is 0 Å². The Bertz CT molecular complexity index is 502. The summed E-state index contributed by atoms with van der Waals surface area (Å²) in [6.07, 6.45) is 1.99. The number of carbonyl (C=O) groups is 1. The van der Waals surface area contributed by atoms with Crippen molar-refractivity contribution in [2.45, 2.75) is 31.8 Å². The Hall–Kier alpha value is -1.40. The molecule has 1 aliphatic rings. The van der Waals surface area contributed by atoms with E-state index >= 15 is 0 Å². The van der Waals surface area contributed by atoms with Crippen LogP contribution >= 0.6 is 11.6 Å². The maximum Gasteiger partial charge on any atom is 0.341 e. The van der Waals surface area contributed by atoms with E-state index in [4.69, 9.17) is 16.3 Å². The smallest absolute Gasteiger partial charge is 0.341 e. The van der Waals surface area contributed by atoms with Gasteiger partial charge >= 0.3 is 5.97 Å². The highest BCUT2D eigenvalue weighted by Gasteiger charge is 2.32. The van der Waals surface area contributed by atoms with Gasteiger partial charge in [-0.05, 0) is 25.3 Å². The standard InChI is InChI=1S/C13H18ClN3O3/c1-3-13(19)4-6-17(7-5-13)11-9(12(18)20-2)8-10(14)15-16-11/h8,19H,3-7H2,1-2H3. The van der Waals surface area contributed by atoms with Crippen LogP contribution in [-0.2, 0) is 4.74 Å². The zero-order chi connectivity index (χ0) is 14.8. The van der Waals surface area contributed by atoms with E-state index in [0.29, 0.717) is 37.3 Å². The molecule has 6 nitrogen and oxygen atoms in total. The van der Waals surface area contributed by atoms with E-state index < -0.39 is 11.6 Å². The lowest BCUT2D eigenvalue weighted by molar-refractivity contribution is 0.0124. The molecule has 1 aliphatic heterocycles. The first-order valence-corrected chi connectivity index (χ1v) is 6.96. The highest BCUT2D eigenvalue weighted by molar-refractivity contribution is 6.29. The number of hydrogen-bond donors (Lipinski definition) is 1. The van der Waals surface area contributed by atoms with Gasteiger partial charge in [-0.2, -0.15) is 0 Å². The Morgan fingerprint density at radius 1 is 1.50 bits per heavy atom. The number of hydrogen-bond acceptors (Lipinski definition) is 6. The molecule has 1 saturated heterocycles. The molecule has 0 bridgehead atoms. The largest absolute Gasteiger partial charge is 0.465 e. The first-order valence-electron chi connectivity index (χ1n) is 6.58. The Kier molecular flexibility index (Phi) is 4.45. The van der Waals surface area contributed by atoms with E-state index in [2.05, 4.69) is 10.2 Å². The second kappa shape index (κ2) is 5.93. The lowest BCUT2D eigenvalue weighted by Crippen LogP contribution is -2.44. The molecule has 0 aromatic carbocycles. The van der Waals surface area contributed by atoms with E-state index in [1.807, 2.05) is 11.8 Å². The van der Waals surface area contributed by atoms with Gasteiger partial charge in [-0.15, -0.1) is 10.2 Å². The Morgan fingerprint density at radius 2 is 2.15 bits per heavy atom. The van der Waals surface area contributed by atoms with E-state index in [0.717, 1.165) is 6.42 Å². The maximum atomic E-state index is 11.8. The minimum atomic E-state index is -0.623. The summed E-state index contributed by atoms with van der Waals surface area (Å²) in [5.41, 5.74) is -0.323. The van der Waals surface area contributed by atoms with Crippen LogP contribution in [0.4, 0.5) is 5.82 Å². The molecule has 0 aliphatic carbocycles. The minimum Gasteiger partial charge on any atom is -0.465 e. The molecule has 0 saturated carbocycles. The van der Waals surface area contributed by atoms with E-state index in [9.17, 15) is 9.90 Å². The van der Waals surface area contributed by atoms with Crippen molar-refractivity contribution in [3.05, 3.63) is 16.8 Å². The van der Waals surface area contributed by atoms with Gasteiger partial charge in [-0.25, -0.2) is 4.79 Å². The normalized spacial score (nSPS) is 17.9. The number of piperidine rings is 1. The van der Waals surface area contributed by atoms with Crippen molar-refractivity contribution >= 4 is 23.4 Å². The molecule has 0 amide bonds. The fourth-order valence-corrected chi connectivity index (χ4v) is 2.49. The van der Waals surface area contributed by atoms with Crippen molar-refractivity contribution < 1.29 is 14.6 Å². The number of nitrogens with zero attached hydrogens (tertiary/aromatic N) is 3. The fraction of sp³-hybridized carbons (Fsp3) is 0.615. The number of carbonyl (C=O) groups excluding carboxylic acids is 1. The van der Waals surface area contributed by atoms with E-state index in [1.165, 1.54) is 13.2 Å². The van der Waals surface area contributed by atoms with Crippen LogP contribution in [0.2, 0.25) is 5.15 Å². The predicted molar refractivity (Wildman–Crippen MR) is 75.1 cm³/mol. The molecular weight excluding hydrogens is 282 g/mol. The van der Waals surface area contributed by atoms with Crippen LogP contribution < -0.4 is 4.90 Å². The first-order chi connectivity index (χ1) is 9.49. The van der Waals surface area contributed by atoms with Gasteiger partial charge in [0.15, 0.2) is 11.0 Å². The number of anilines is 1. The van der Waals surface area contributed by atoms with Crippen molar-refractivity contribution in [3.8, 4) is 0 Å². The van der Waals surface area contributed by atoms with Crippen LogP contribution in [0.5, 0.6) is 0 Å². The Morgan fingerprint density at radius 3 is 2.70 bits per heavy atom. The fourth-order valence-electron chi connectivity index (χ4n) is 2.34. The molecule has 2 heterocycles. The Balaban J connectivity index is 2.24. The van der Waals surface area contributed by atoms with Crippen LogP contribution in [0.1, 0.15) is 36.5 Å². The summed E-state index contributed by atoms with van der Waals surface area (Å²) >= 11 is 5.78. The highest BCUT2D eigenvalue weighted by atomic mass is 35.5. The Labute approximate surface area is 122 Å². The number of rotatable bonds is 3. The third kappa shape index (κ3) is 3.02. The van der Waals surface area contributed by atoms with Gasteiger partial charge in [0.05, 0.1) is 12.7 Å². The summed E-state index contributed by atoms with van der Waals surface area (Å²) in [5, 5.41) is 18.2. The van der Waals surface area contributed by atoms with Gasteiger partial charge in [0.1, 0.15) is 5.56 Å². The summed E-state index contributed by atoms with van der Waals surface area (Å²) < 4.78 is 4.74. The van der Waals surface area contributed by atoms with Crippen LogP contribution in [0.25, 0.3) is 0 Å². The molecule has 20 heavy (non-hydrogen) atoms. The molecule has 1 N–H and O–H groups in total. The monoisotopic (exact) mass is 299 g/mol. The van der Waals surface area contributed by atoms with Crippen LogP contribution in [-0.4, -0.2) is 47.1 Å². The second-order valence-electron chi connectivity index (χ2n) is 4.96. The quantitative estimate of drug-likeness (QED) is 0.856. The van der Waals surface area contributed by atoms with Crippen molar-refractivity contribution in [2.24, 2.45) is 0 Å². The van der Waals surface area contributed by atoms with Crippen LogP contribution in [0, 0.1) is 0 Å². The molecule has 0 atom stereocenters. The molecule has 0 spiro atoms. The molecule has 7 heteroatoms. The van der Waals surface area contributed by atoms with Gasteiger partial charge in [0.2, 0.25) is 0 Å². The number of esters is 1. The summed E-state index contributed by atoms with van der Waals surface area (Å²) in [5.74, 6) is -0.0347. The summed E-state index contributed by atoms with van der Waals surface area (Å²) in [6.45, 7) is 3.20. The lowest BCUT2D eigenvalue weighted by atomic mass is 9.89. The zero-order valence-corrected chi connectivity index (χ0v) is 12.4. The zero-order valence-electron chi connectivity index (χ0n) is 11.6. The summed E-state index contributed by atoms with van der Waals surface area (Å²) in [6, 6.07) is 1.45. The number of methoxy groups -OCH3 is 1. The molecule has 0 radical (unpaired) electrons. The van der Waals surface area contributed by atoms with Gasteiger partial charge in [-0.3, -0.25) is 0 Å². The predicted octanol–water partition coefficient (Wildman–Crippen LogP) is 1.66. The van der Waals surface area contributed by atoms with Crippen molar-refractivity contribution in [1.29, 1.82) is 0 Å². The van der Waals surface area contributed by atoms with Gasteiger partial charge in [0, 0.05) is 13.1 Å². The third-order valence-corrected chi connectivity index (χ3v) is 3.99. The summed E-state index contributed by atoms with van der Waals surface area (Å²) in [7, 11) is 1.31. The highest BCUT2D eigenvalue weighted by Crippen LogP contribution is 2.29. The number of ether oxygens (including phenoxy) is 1. The molecule has 1 fully saturated rings. The van der Waals surface area contributed by atoms with Gasteiger partial charge in [-0.1, -0.05) is 18.5 Å². The molecule has 1 aromatic rings. The summed E-state index contributed by atoms with van der Waals surface area (Å²) in [4.78, 5) is 13.7. The number of aromatic nitrogens is 2. The third-order valence-electron chi connectivity index (χ3n) is 3.80. The lowest BCUT2D eigenvalue weighted by Gasteiger charge is -2.38. The van der Waals surface area contributed by atoms with Gasteiger partial charge in [0.25, 0.3) is 0 Å². The SMILES string of the molecule is CCC1(O)CCN(c2nnc(Cl)cc2C(=O)OC)CC1. The molecule has 1 aromatic heterocycles. The van der Waals surface area contributed by atoms with Crippen LogP contribution in [0.15, 0.2) is 6.07 Å². The van der Waals surface area contributed by atoms with Crippen molar-refractivity contribution in [2.75, 3.05) is 25.1 Å². The number of halogens is 1. The topological polar surface area (TPSA) is 75.5 Å². The molecule has 0 unspecified atom stereocenters. The van der Waals surface area contributed by atoms with Crippen LogP contribution in [0.3, 0.4) is 0 Å². The molecular formula is C13H18ClN3O3.